The smallest absolute Gasteiger partial charge is 0.462 e. The second-order valence-electron chi connectivity index (χ2n) is 27.0. The Hall–Kier alpha value is -4.02. The molecule has 0 aliphatic carbocycles. The third-order valence-corrected chi connectivity index (χ3v) is 18.9. The van der Waals surface area contributed by atoms with Gasteiger partial charge in [0.1, 0.15) is 19.3 Å². The molecule has 0 aliphatic rings. The highest BCUT2D eigenvalue weighted by molar-refractivity contribution is 7.47. The number of allylic oxidation sites excluding steroid dienone is 16. The van der Waals surface area contributed by atoms with Crippen LogP contribution in [0.15, 0.2) is 97.2 Å². The Morgan fingerprint density at radius 3 is 0.843 bits per heavy atom. The summed E-state index contributed by atoms with van der Waals surface area (Å²) in [6.07, 6.45) is 79.5. The monoisotopic (exact) mass is 1480 g/mol. The van der Waals surface area contributed by atoms with E-state index in [0.29, 0.717) is 25.7 Å². The topological polar surface area (TPSA) is 237 Å². The highest BCUT2D eigenvalue weighted by Gasteiger charge is 2.30. The largest absolute Gasteiger partial charge is 0.472 e. The van der Waals surface area contributed by atoms with Gasteiger partial charge >= 0.3 is 39.5 Å². The van der Waals surface area contributed by atoms with Crippen LogP contribution < -0.4 is 0 Å². The molecular weight excluding hydrogens is 1330 g/mol. The highest BCUT2D eigenvalue weighted by Crippen LogP contribution is 2.45. The molecule has 0 heterocycles. The molecule has 0 aliphatic heterocycles. The first kappa shape index (κ1) is 98.0. The van der Waals surface area contributed by atoms with Crippen molar-refractivity contribution in [3.63, 3.8) is 0 Å². The van der Waals surface area contributed by atoms with Gasteiger partial charge in [0, 0.05) is 25.7 Å². The maximum Gasteiger partial charge on any atom is 0.472 e. The van der Waals surface area contributed by atoms with E-state index in [1.165, 1.54) is 109 Å². The van der Waals surface area contributed by atoms with Crippen LogP contribution in [0.4, 0.5) is 0 Å². The Bertz CT molecular complexity index is 2310. The number of hydrogen-bond donors (Lipinski definition) is 3. The summed E-state index contributed by atoms with van der Waals surface area (Å²) < 4.78 is 68.6. The predicted octanol–water partition coefficient (Wildman–Crippen LogP) is 23.6. The molecule has 0 spiro atoms. The summed E-state index contributed by atoms with van der Waals surface area (Å²) in [6, 6.07) is 0. The lowest BCUT2D eigenvalue weighted by Gasteiger charge is -2.21. The molecule has 0 rings (SSSR count). The molecule has 3 N–H and O–H groups in total. The van der Waals surface area contributed by atoms with Crippen LogP contribution in [0.1, 0.15) is 349 Å². The minimum atomic E-state index is -4.98. The summed E-state index contributed by atoms with van der Waals surface area (Å²) in [5.74, 6) is -2.23. The molecule has 17 nitrogen and oxygen atoms in total. The molecule has 5 unspecified atom stereocenters. The van der Waals surface area contributed by atoms with Crippen molar-refractivity contribution in [2.24, 2.45) is 0 Å². The summed E-state index contributed by atoms with van der Waals surface area (Å²) in [6.45, 7) is 4.70. The van der Waals surface area contributed by atoms with E-state index < -0.39 is 97.5 Å². The van der Waals surface area contributed by atoms with Crippen LogP contribution in [0.25, 0.3) is 0 Å². The maximum atomic E-state index is 13.1. The van der Waals surface area contributed by atoms with Gasteiger partial charge in [0.25, 0.3) is 0 Å². The summed E-state index contributed by atoms with van der Waals surface area (Å²) in [5.41, 5.74) is 0. The molecule has 0 aromatic rings. The molecule has 0 saturated carbocycles. The first-order chi connectivity index (χ1) is 49.7. The summed E-state index contributed by atoms with van der Waals surface area (Å²) in [5, 5.41) is 10.6. The molecule has 0 aromatic carbocycles. The van der Waals surface area contributed by atoms with Crippen LogP contribution in [0.5, 0.6) is 0 Å². The Balaban J connectivity index is 5.37. The normalized spacial score (nSPS) is 14.4. The number of phosphoric acid groups is 2. The van der Waals surface area contributed by atoms with Gasteiger partial charge in [0.2, 0.25) is 0 Å². The van der Waals surface area contributed by atoms with Crippen LogP contribution in [-0.4, -0.2) is 96.7 Å². The number of phosphoric ester groups is 2. The second kappa shape index (κ2) is 75.2. The van der Waals surface area contributed by atoms with E-state index in [1.54, 1.807) is 0 Å². The number of ether oxygens (including phenoxy) is 4. The second-order valence-corrected chi connectivity index (χ2v) is 29.9. The van der Waals surface area contributed by atoms with Crippen LogP contribution in [-0.2, 0) is 65.4 Å². The van der Waals surface area contributed by atoms with Gasteiger partial charge in [-0.2, -0.15) is 0 Å². The fourth-order valence-electron chi connectivity index (χ4n) is 10.9. The standard InChI is InChI=1S/C83H146O17P2/c1-5-9-13-17-21-25-29-33-36-37-38-39-42-45-48-52-56-60-64-68-81(86)94-74-79(100-83(88)70-66-62-58-54-50-46-41-35-31-27-23-19-15-11-7-3)76-98-102(91,92)96-72-77(84)71-95-101(89,90)97-75-78(99-82(87)69-65-61-57-53-49-43-32-28-24-20-16-12-8-4)73-93-80(85)67-63-59-55-51-47-44-40-34-30-26-22-18-14-10-6-2/h10,14,21-22,25-26,28,32-34,36,38-40,47,51,77-79,84H,5-9,11-13,15-20,23-24,27,29-31,35,37,41-46,48-50,52-76H2,1-4H3,(H,89,90)(H,91,92)/b14-10-,25-21-,26-22-,32-28-,36-33-,39-38-,40-34-,51-47-. The number of carbonyl (C=O) groups is 4. The van der Waals surface area contributed by atoms with Gasteiger partial charge in [0.15, 0.2) is 12.2 Å². The van der Waals surface area contributed by atoms with Crippen molar-refractivity contribution in [1.29, 1.82) is 0 Å². The minimum Gasteiger partial charge on any atom is -0.462 e. The summed E-state index contributed by atoms with van der Waals surface area (Å²) in [4.78, 5) is 73.0. The van der Waals surface area contributed by atoms with Crippen LogP contribution in [0.3, 0.4) is 0 Å². The van der Waals surface area contributed by atoms with E-state index in [0.717, 1.165) is 161 Å². The number of aliphatic hydroxyl groups excluding tert-OH is 1. The first-order valence-electron chi connectivity index (χ1n) is 40.5. The van der Waals surface area contributed by atoms with Crippen molar-refractivity contribution in [2.45, 2.75) is 367 Å². The Labute approximate surface area is 620 Å². The van der Waals surface area contributed by atoms with Crippen molar-refractivity contribution in [3.8, 4) is 0 Å². The number of aliphatic hydroxyl groups is 1. The summed E-state index contributed by atoms with van der Waals surface area (Å²) >= 11 is 0. The molecule has 19 heteroatoms. The molecule has 0 radical (unpaired) electrons. The molecule has 0 bridgehead atoms. The van der Waals surface area contributed by atoms with Gasteiger partial charge in [-0.25, -0.2) is 9.13 Å². The molecule has 0 aromatic heterocycles. The van der Waals surface area contributed by atoms with Gasteiger partial charge in [0.05, 0.1) is 26.4 Å². The van der Waals surface area contributed by atoms with Crippen molar-refractivity contribution in [1.82, 2.24) is 0 Å². The average Bonchev–Trinajstić information content (AvgIpc) is 0.909. The SMILES string of the molecule is CC/C=C\C/C=C\C/C=C\C/C=C\CCCCC(=O)OCC(COP(=O)(O)OCC(O)COP(=O)(O)OCC(COC(=O)CCCCCCCC/C=C\C/C=C\C/C=C\CCCCC)OC(=O)CCCCCCCCCCCCCCCCC)OC(=O)CCCCCCC/C=C\CCCCCC. The van der Waals surface area contributed by atoms with E-state index in [2.05, 4.69) is 125 Å². The molecule has 0 fully saturated rings. The molecule has 590 valence electrons. The highest BCUT2D eigenvalue weighted by atomic mass is 31.2. The third-order valence-electron chi connectivity index (χ3n) is 17.0. The lowest BCUT2D eigenvalue weighted by atomic mass is 10.0. The van der Waals surface area contributed by atoms with Crippen molar-refractivity contribution >= 4 is 39.5 Å². The molecule has 102 heavy (non-hydrogen) atoms. The molecule has 5 atom stereocenters. The molecule has 0 amide bonds. The molecule has 0 saturated heterocycles. The van der Waals surface area contributed by atoms with Gasteiger partial charge in [-0.1, -0.05) is 292 Å². The zero-order chi connectivity index (χ0) is 74.6. The van der Waals surface area contributed by atoms with E-state index >= 15 is 0 Å². The van der Waals surface area contributed by atoms with E-state index in [9.17, 15) is 43.2 Å². The quantitative estimate of drug-likeness (QED) is 0.0169. The maximum absolute atomic E-state index is 13.1. The lowest BCUT2D eigenvalue weighted by molar-refractivity contribution is -0.161. The number of rotatable bonds is 76. The van der Waals surface area contributed by atoms with E-state index in [-0.39, 0.29) is 25.7 Å². The van der Waals surface area contributed by atoms with Crippen molar-refractivity contribution in [3.05, 3.63) is 97.2 Å². The number of esters is 4. The third kappa shape index (κ3) is 74.3. The fourth-order valence-corrected chi connectivity index (χ4v) is 12.4. The van der Waals surface area contributed by atoms with E-state index in [1.807, 2.05) is 0 Å². The minimum absolute atomic E-state index is 0.0761. The molecular formula is C83H146O17P2. The Kier molecular flexibility index (Phi) is 72.3. The Morgan fingerprint density at radius 2 is 0.510 bits per heavy atom. The fraction of sp³-hybridized carbons (Fsp3) is 0.759. The van der Waals surface area contributed by atoms with Crippen LogP contribution in [0, 0.1) is 0 Å². The Morgan fingerprint density at radius 1 is 0.284 bits per heavy atom. The number of unbranched alkanes of at least 4 members (excludes halogenated alkanes) is 34. The average molecular weight is 1480 g/mol. The van der Waals surface area contributed by atoms with Crippen LogP contribution >= 0.6 is 15.6 Å². The van der Waals surface area contributed by atoms with Crippen molar-refractivity contribution < 1.29 is 80.2 Å². The number of hydrogen-bond acceptors (Lipinski definition) is 15. The zero-order valence-electron chi connectivity index (χ0n) is 64.5. The van der Waals surface area contributed by atoms with Gasteiger partial charge in [-0.3, -0.25) is 37.3 Å². The van der Waals surface area contributed by atoms with Gasteiger partial charge < -0.3 is 33.8 Å². The van der Waals surface area contributed by atoms with Crippen molar-refractivity contribution in [2.75, 3.05) is 39.6 Å². The van der Waals surface area contributed by atoms with Gasteiger partial charge in [-0.15, -0.1) is 0 Å². The predicted molar refractivity (Wildman–Crippen MR) is 418 cm³/mol. The zero-order valence-corrected chi connectivity index (χ0v) is 66.3. The summed E-state index contributed by atoms with van der Waals surface area (Å²) in [7, 11) is -9.96. The van der Waals surface area contributed by atoms with Crippen LogP contribution in [0.2, 0.25) is 0 Å². The first-order valence-corrected chi connectivity index (χ1v) is 43.5. The van der Waals surface area contributed by atoms with Gasteiger partial charge in [-0.05, 0) is 128 Å². The number of carbonyl (C=O) groups excluding carboxylic acids is 4. The van der Waals surface area contributed by atoms with E-state index in [4.69, 9.17) is 37.0 Å². The lowest BCUT2D eigenvalue weighted by Crippen LogP contribution is -2.30.